The van der Waals surface area contributed by atoms with Crippen molar-refractivity contribution in [2.24, 2.45) is 0 Å². The number of halogens is 1. The van der Waals surface area contributed by atoms with Gasteiger partial charge in [-0.1, -0.05) is 24.6 Å². The Morgan fingerprint density at radius 1 is 1.28 bits per heavy atom. The highest BCUT2D eigenvalue weighted by Crippen LogP contribution is 2.39. The molecule has 2 unspecified atom stereocenters. The first-order valence-corrected chi connectivity index (χ1v) is 10.4. The average Bonchev–Trinajstić information content (AvgIpc) is 3.13. The van der Waals surface area contributed by atoms with Crippen molar-refractivity contribution in [3.63, 3.8) is 0 Å². The van der Waals surface area contributed by atoms with Gasteiger partial charge in [-0.15, -0.1) is 0 Å². The topological polar surface area (TPSA) is 72.8 Å². The Morgan fingerprint density at radius 3 is 2.59 bits per heavy atom. The van der Waals surface area contributed by atoms with Gasteiger partial charge < -0.3 is 20.4 Å². The number of nitrogens with zero attached hydrogens (tertiary/aromatic N) is 1. The van der Waals surface area contributed by atoms with Crippen LogP contribution in [0.5, 0.6) is 0 Å². The van der Waals surface area contributed by atoms with Gasteiger partial charge in [0.1, 0.15) is 0 Å². The molecule has 156 valence electrons. The molecule has 1 heterocycles. The lowest BCUT2D eigenvalue weighted by molar-refractivity contribution is -0.137. The van der Waals surface area contributed by atoms with Crippen LogP contribution in [0.3, 0.4) is 0 Å². The van der Waals surface area contributed by atoms with Crippen LogP contribution < -0.4 is 10.2 Å². The number of carboxylic acids is 1. The zero-order valence-electron chi connectivity index (χ0n) is 17.2. The molecule has 3 rings (SSSR count). The molecule has 2 aromatic carbocycles. The van der Waals surface area contributed by atoms with Crippen molar-refractivity contribution in [3.8, 4) is 0 Å². The first-order chi connectivity index (χ1) is 13.6. The number of aliphatic hydroxyl groups is 1. The quantitative estimate of drug-likeness (QED) is 0.563. The minimum atomic E-state index is -0.816. The highest BCUT2D eigenvalue weighted by atomic mass is 35.5. The monoisotopic (exact) mass is 416 g/mol. The lowest BCUT2D eigenvalue weighted by atomic mass is 9.94. The van der Waals surface area contributed by atoms with Gasteiger partial charge in [-0.3, -0.25) is 4.79 Å². The molecule has 1 saturated heterocycles. The first kappa shape index (κ1) is 21.5. The van der Waals surface area contributed by atoms with Gasteiger partial charge in [0.2, 0.25) is 0 Å². The molecule has 1 aliphatic heterocycles. The molecule has 0 bridgehead atoms. The van der Waals surface area contributed by atoms with E-state index in [-0.39, 0.29) is 18.4 Å². The molecule has 1 aliphatic rings. The molecule has 0 aliphatic carbocycles. The third kappa shape index (κ3) is 5.22. The van der Waals surface area contributed by atoms with Crippen molar-refractivity contribution in [2.75, 3.05) is 16.8 Å². The maximum atomic E-state index is 11.2. The van der Waals surface area contributed by atoms with Crippen LogP contribution in [0.25, 0.3) is 0 Å². The molecule has 2 atom stereocenters. The molecule has 1 fully saturated rings. The second-order valence-electron chi connectivity index (χ2n) is 8.41. The fraction of sp³-hybridized carbons (Fsp3) is 0.435. The molecule has 0 saturated carbocycles. The van der Waals surface area contributed by atoms with E-state index in [2.05, 4.69) is 10.2 Å². The SMILES string of the molecule is CC(CC(=O)O)c1ccc(N2CCCC2C(C)(C)O)c(Nc2ccc(Cl)cc2)c1. The Bertz CT molecular complexity index is 861. The summed E-state index contributed by atoms with van der Waals surface area (Å²) in [6, 6.07) is 13.6. The van der Waals surface area contributed by atoms with Crippen LogP contribution in [0.4, 0.5) is 17.1 Å². The number of benzene rings is 2. The number of carboxylic acid groups (broad SMARTS) is 1. The Hall–Kier alpha value is -2.24. The predicted molar refractivity (Wildman–Crippen MR) is 119 cm³/mol. The molecule has 5 nitrogen and oxygen atoms in total. The van der Waals surface area contributed by atoms with Crippen LogP contribution in [-0.4, -0.2) is 34.4 Å². The van der Waals surface area contributed by atoms with E-state index in [0.29, 0.717) is 5.02 Å². The maximum absolute atomic E-state index is 11.2. The Balaban J connectivity index is 2.00. The highest BCUT2D eigenvalue weighted by molar-refractivity contribution is 6.30. The lowest BCUT2D eigenvalue weighted by Crippen LogP contribution is -2.45. The molecular formula is C23H29ClN2O3. The summed E-state index contributed by atoms with van der Waals surface area (Å²) >= 11 is 6.01. The van der Waals surface area contributed by atoms with Crippen molar-refractivity contribution < 1.29 is 15.0 Å². The zero-order chi connectivity index (χ0) is 21.2. The van der Waals surface area contributed by atoms with E-state index in [1.54, 1.807) is 0 Å². The summed E-state index contributed by atoms with van der Waals surface area (Å²) in [7, 11) is 0. The number of hydrogen-bond donors (Lipinski definition) is 3. The summed E-state index contributed by atoms with van der Waals surface area (Å²) in [6.07, 6.45) is 2.03. The van der Waals surface area contributed by atoms with E-state index in [9.17, 15) is 9.90 Å². The van der Waals surface area contributed by atoms with Crippen molar-refractivity contribution >= 4 is 34.6 Å². The van der Waals surface area contributed by atoms with Gasteiger partial charge >= 0.3 is 5.97 Å². The van der Waals surface area contributed by atoms with Crippen LogP contribution in [0, 0.1) is 0 Å². The van der Waals surface area contributed by atoms with Crippen molar-refractivity contribution in [1.82, 2.24) is 0 Å². The van der Waals surface area contributed by atoms with Crippen LogP contribution in [-0.2, 0) is 4.79 Å². The summed E-state index contributed by atoms with van der Waals surface area (Å²) in [4.78, 5) is 13.4. The zero-order valence-corrected chi connectivity index (χ0v) is 17.9. The van der Waals surface area contributed by atoms with Gasteiger partial charge in [-0.05, 0) is 74.6 Å². The summed E-state index contributed by atoms with van der Waals surface area (Å²) in [5.74, 6) is -0.911. The summed E-state index contributed by atoms with van der Waals surface area (Å²) in [5.41, 5.74) is 2.96. The van der Waals surface area contributed by atoms with E-state index in [1.807, 2.05) is 63.2 Å². The number of aliphatic carboxylic acids is 1. The third-order valence-corrected chi connectivity index (χ3v) is 5.82. The Labute approximate surface area is 177 Å². The van der Waals surface area contributed by atoms with Crippen molar-refractivity contribution in [3.05, 3.63) is 53.1 Å². The van der Waals surface area contributed by atoms with E-state index in [0.717, 1.165) is 42.0 Å². The summed E-state index contributed by atoms with van der Waals surface area (Å²) in [5, 5.41) is 24.0. The number of hydrogen-bond acceptors (Lipinski definition) is 4. The van der Waals surface area contributed by atoms with Gasteiger partial charge in [-0.25, -0.2) is 0 Å². The van der Waals surface area contributed by atoms with E-state index in [1.165, 1.54) is 0 Å². The number of rotatable bonds is 7. The minimum Gasteiger partial charge on any atom is -0.481 e. The smallest absolute Gasteiger partial charge is 0.303 e. The number of anilines is 3. The summed E-state index contributed by atoms with van der Waals surface area (Å²) in [6.45, 7) is 6.50. The average molecular weight is 417 g/mol. The lowest BCUT2D eigenvalue weighted by Gasteiger charge is -2.36. The predicted octanol–water partition coefficient (Wildman–Crippen LogP) is 5.40. The second kappa shape index (κ2) is 8.64. The third-order valence-electron chi connectivity index (χ3n) is 5.57. The molecule has 3 N–H and O–H groups in total. The fourth-order valence-corrected chi connectivity index (χ4v) is 4.19. The van der Waals surface area contributed by atoms with Gasteiger partial charge in [0.25, 0.3) is 0 Å². The molecule has 0 spiro atoms. The Kier molecular flexibility index (Phi) is 6.39. The van der Waals surface area contributed by atoms with Gasteiger partial charge in [0.15, 0.2) is 0 Å². The largest absolute Gasteiger partial charge is 0.481 e. The fourth-order valence-electron chi connectivity index (χ4n) is 4.07. The maximum Gasteiger partial charge on any atom is 0.303 e. The van der Waals surface area contributed by atoms with Crippen LogP contribution in [0.1, 0.15) is 51.5 Å². The Morgan fingerprint density at radius 2 is 1.97 bits per heavy atom. The van der Waals surface area contributed by atoms with Crippen LogP contribution >= 0.6 is 11.6 Å². The molecule has 0 radical (unpaired) electrons. The van der Waals surface area contributed by atoms with Gasteiger partial charge in [0.05, 0.1) is 29.4 Å². The van der Waals surface area contributed by atoms with Crippen molar-refractivity contribution in [1.29, 1.82) is 0 Å². The van der Waals surface area contributed by atoms with E-state index in [4.69, 9.17) is 16.7 Å². The highest BCUT2D eigenvalue weighted by Gasteiger charge is 2.37. The molecule has 0 amide bonds. The van der Waals surface area contributed by atoms with Crippen molar-refractivity contribution in [2.45, 2.75) is 57.6 Å². The van der Waals surface area contributed by atoms with E-state index < -0.39 is 11.6 Å². The van der Waals surface area contributed by atoms with E-state index >= 15 is 0 Å². The molecule has 0 aromatic heterocycles. The standard InChI is InChI=1S/C23H29ClN2O3/c1-15(13-22(27)28)16-6-11-20(26-12-4-5-21(26)23(2,3)29)19(14-16)25-18-9-7-17(24)8-10-18/h6-11,14-15,21,25,29H,4-5,12-13H2,1-3H3,(H,27,28). The number of carbonyl (C=O) groups is 1. The van der Waals surface area contributed by atoms with Gasteiger partial charge in [-0.2, -0.15) is 0 Å². The normalized spacial score (nSPS) is 18.0. The number of nitrogens with one attached hydrogen (secondary N) is 1. The molecule has 6 heteroatoms. The second-order valence-corrected chi connectivity index (χ2v) is 8.85. The summed E-state index contributed by atoms with van der Waals surface area (Å²) < 4.78 is 0. The van der Waals surface area contributed by atoms with Crippen LogP contribution in [0.2, 0.25) is 5.02 Å². The first-order valence-electron chi connectivity index (χ1n) is 10.0. The van der Waals surface area contributed by atoms with Crippen LogP contribution in [0.15, 0.2) is 42.5 Å². The minimum absolute atomic E-state index is 0.0237. The molecular weight excluding hydrogens is 388 g/mol. The molecule has 2 aromatic rings. The van der Waals surface area contributed by atoms with Gasteiger partial charge in [0, 0.05) is 17.3 Å². The molecule has 29 heavy (non-hydrogen) atoms.